The quantitative estimate of drug-likeness (QED) is 0.430. The Kier molecular flexibility index (Phi) is 8.42. The van der Waals surface area contributed by atoms with Crippen molar-refractivity contribution < 1.29 is 9.53 Å². The minimum Gasteiger partial charge on any atom is -0.484 e. The van der Waals surface area contributed by atoms with Crippen molar-refractivity contribution in [2.45, 2.75) is 37.3 Å². The Hall–Kier alpha value is -3.19. The van der Waals surface area contributed by atoms with E-state index in [0.717, 1.165) is 63.1 Å². The largest absolute Gasteiger partial charge is 0.484 e. The first-order chi connectivity index (χ1) is 18.6. The molecule has 3 aromatic carbocycles. The summed E-state index contributed by atoms with van der Waals surface area (Å²) in [5.41, 5.74) is 4.90. The van der Waals surface area contributed by atoms with Crippen molar-refractivity contribution in [3.8, 4) is 5.75 Å². The number of nitrogens with zero attached hydrogens (tertiary/aromatic N) is 2. The maximum atomic E-state index is 13.2. The number of ether oxygens (including phenoxy) is 1. The van der Waals surface area contributed by atoms with E-state index < -0.39 is 0 Å². The van der Waals surface area contributed by atoms with Crippen LogP contribution in [-0.4, -0.2) is 62.5 Å². The number of likely N-dealkylation sites (N-methyl/N-ethyl adjacent to an activating group) is 1. The highest BCUT2D eigenvalue weighted by molar-refractivity contribution is 5.93. The van der Waals surface area contributed by atoms with Gasteiger partial charge in [0.05, 0.1) is 12.2 Å². The second-order valence-corrected chi connectivity index (χ2v) is 10.6. The molecule has 2 N–H and O–H groups in total. The first-order valence-corrected chi connectivity index (χ1v) is 13.9. The molecule has 1 saturated heterocycles. The third-order valence-electron chi connectivity index (χ3n) is 8.27. The van der Waals surface area contributed by atoms with Gasteiger partial charge >= 0.3 is 0 Å². The van der Waals surface area contributed by atoms with Crippen molar-refractivity contribution in [1.29, 1.82) is 0 Å². The van der Waals surface area contributed by atoms with Crippen LogP contribution in [0.4, 0.5) is 5.69 Å². The Balaban J connectivity index is 1.22. The van der Waals surface area contributed by atoms with Crippen LogP contribution < -0.4 is 15.4 Å². The van der Waals surface area contributed by atoms with Gasteiger partial charge in [-0.25, -0.2) is 0 Å². The number of anilines is 1. The molecule has 0 aliphatic carbocycles. The molecule has 6 nitrogen and oxygen atoms in total. The van der Waals surface area contributed by atoms with E-state index in [1.165, 1.54) is 11.1 Å². The summed E-state index contributed by atoms with van der Waals surface area (Å²) in [4.78, 5) is 18.0. The van der Waals surface area contributed by atoms with Crippen LogP contribution in [0.25, 0.3) is 0 Å². The van der Waals surface area contributed by atoms with E-state index in [4.69, 9.17) is 4.74 Å². The van der Waals surface area contributed by atoms with Crippen molar-refractivity contribution >= 4 is 11.6 Å². The lowest BCUT2D eigenvalue weighted by Gasteiger charge is -2.51. The van der Waals surface area contributed by atoms with E-state index in [0.29, 0.717) is 12.3 Å². The molecular formula is C32H40N4O2. The summed E-state index contributed by atoms with van der Waals surface area (Å²) < 4.78 is 6.47. The highest BCUT2D eigenvalue weighted by Gasteiger charge is 2.43. The van der Waals surface area contributed by atoms with Gasteiger partial charge in [0.25, 0.3) is 0 Å². The number of benzene rings is 3. The van der Waals surface area contributed by atoms with Crippen molar-refractivity contribution in [2.75, 3.05) is 52.1 Å². The number of hydrogen-bond acceptors (Lipinski definition) is 5. The molecule has 1 unspecified atom stereocenters. The second kappa shape index (κ2) is 12.1. The summed E-state index contributed by atoms with van der Waals surface area (Å²) in [5, 5.41) is 6.35. The molecule has 1 atom stereocenters. The van der Waals surface area contributed by atoms with Gasteiger partial charge in [0.2, 0.25) is 5.91 Å². The number of hydrogen-bond donors (Lipinski definition) is 2. The first kappa shape index (κ1) is 26.4. The van der Waals surface area contributed by atoms with Crippen LogP contribution in [0.2, 0.25) is 0 Å². The smallest absolute Gasteiger partial charge is 0.238 e. The van der Waals surface area contributed by atoms with E-state index in [1.807, 2.05) is 49.5 Å². The van der Waals surface area contributed by atoms with E-state index in [9.17, 15) is 4.79 Å². The summed E-state index contributed by atoms with van der Waals surface area (Å²) in [5.74, 6) is 0.699. The van der Waals surface area contributed by atoms with Crippen LogP contribution in [0, 0.1) is 0 Å². The average Bonchev–Trinajstić information content (AvgIpc) is 2.95. The Morgan fingerprint density at radius 1 is 0.947 bits per heavy atom. The van der Waals surface area contributed by atoms with Crippen molar-refractivity contribution in [3.05, 3.63) is 95.6 Å². The van der Waals surface area contributed by atoms with E-state index in [1.54, 1.807) is 0 Å². The molecule has 2 aliphatic rings. The van der Waals surface area contributed by atoms with Gasteiger partial charge in [-0.3, -0.25) is 14.6 Å². The molecular weight excluding hydrogens is 472 g/mol. The van der Waals surface area contributed by atoms with Crippen LogP contribution in [0.15, 0.2) is 78.9 Å². The summed E-state index contributed by atoms with van der Waals surface area (Å²) in [6.45, 7) is 4.13. The Labute approximate surface area is 227 Å². The topological polar surface area (TPSA) is 56.8 Å². The van der Waals surface area contributed by atoms with Gasteiger partial charge in [-0.05, 0) is 68.7 Å². The molecule has 1 spiro atoms. The van der Waals surface area contributed by atoms with Gasteiger partial charge < -0.3 is 15.4 Å². The standard InChI is InChI=1S/C32H40N4O2/c1-33-20-16-29(26-11-4-3-5-12-26)38-30-15-9-8-14-28(30)34-31(37)24-36-22-18-32(19-23-36)27-13-7-6-10-25(27)17-21-35(32)2/h3-15,29,33H,16-24H2,1-2H3,(H,34,37). The van der Waals surface area contributed by atoms with Gasteiger partial charge in [-0.2, -0.15) is 0 Å². The zero-order valence-electron chi connectivity index (χ0n) is 22.7. The number of carbonyl (C=O) groups is 1. The number of carbonyl (C=O) groups excluding carboxylic acids is 1. The van der Waals surface area contributed by atoms with Gasteiger partial charge in [0.15, 0.2) is 0 Å². The zero-order chi connectivity index (χ0) is 26.4. The maximum absolute atomic E-state index is 13.2. The summed E-state index contributed by atoms with van der Waals surface area (Å²) >= 11 is 0. The predicted octanol–water partition coefficient (Wildman–Crippen LogP) is 4.83. The Morgan fingerprint density at radius 2 is 1.66 bits per heavy atom. The van der Waals surface area contributed by atoms with Crippen LogP contribution in [0.1, 0.15) is 42.1 Å². The maximum Gasteiger partial charge on any atom is 0.238 e. The SMILES string of the molecule is CNCCC(Oc1ccccc1NC(=O)CN1CCC2(CC1)c1ccccc1CCN2C)c1ccccc1. The summed E-state index contributed by atoms with van der Waals surface area (Å²) in [6.07, 6.45) is 3.92. The van der Waals surface area contributed by atoms with Gasteiger partial charge in [0.1, 0.15) is 11.9 Å². The molecule has 2 heterocycles. The predicted molar refractivity (Wildman–Crippen MR) is 154 cm³/mol. The number of fused-ring (bicyclic) bond motifs is 2. The van der Waals surface area contributed by atoms with Gasteiger partial charge in [0, 0.05) is 31.6 Å². The molecule has 0 saturated carbocycles. The van der Waals surface area contributed by atoms with Crippen LogP contribution in [0.3, 0.4) is 0 Å². The highest BCUT2D eigenvalue weighted by atomic mass is 16.5. The molecule has 0 aromatic heterocycles. The monoisotopic (exact) mass is 512 g/mol. The normalized spacial score (nSPS) is 18.1. The molecule has 1 fully saturated rings. The molecule has 1 amide bonds. The fourth-order valence-corrected chi connectivity index (χ4v) is 6.09. The molecule has 0 radical (unpaired) electrons. The van der Waals surface area contributed by atoms with Crippen LogP contribution >= 0.6 is 0 Å². The molecule has 2 aliphatic heterocycles. The fraction of sp³-hybridized carbons (Fsp3) is 0.406. The number of rotatable bonds is 9. The number of piperidine rings is 1. The molecule has 0 bridgehead atoms. The van der Waals surface area contributed by atoms with E-state index >= 15 is 0 Å². The molecule has 5 rings (SSSR count). The summed E-state index contributed by atoms with van der Waals surface area (Å²) in [6, 6.07) is 26.9. The molecule has 6 heteroatoms. The second-order valence-electron chi connectivity index (χ2n) is 10.6. The average molecular weight is 513 g/mol. The van der Waals surface area contributed by atoms with Crippen LogP contribution in [0.5, 0.6) is 5.75 Å². The minimum absolute atomic E-state index is 0.000819. The van der Waals surface area contributed by atoms with Gasteiger partial charge in [-0.15, -0.1) is 0 Å². The van der Waals surface area contributed by atoms with E-state index in [-0.39, 0.29) is 17.6 Å². The number of para-hydroxylation sites is 2. The lowest BCUT2D eigenvalue weighted by molar-refractivity contribution is -0.118. The molecule has 3 aromatic rings. The minimum atomic E-state index is -0.102. The van der Waals surface area contributed by atoms with Crippen LogP contribution in [-0.2, 0) is 16.8 Å². The Morgan fingerprint density at radius 3 is 2.45 bits per heavy atom. The van der Waals surface area contributed by atoms with E-state index in [2.05, 4.69) is 63.9 Å². The van der Waals surface area contributed by atoms with Gasteiger partial charge in [-0.1, -0.05) is 66.7 Å². The third-order valence-corrected chi connectivity index (χ3v) is 8.27. The lowest BCUT2D eigenvalue weighted by Crippen LogP contribution is -2.55. The number of nitrogens with one attached hydrogen (secondary N) is 2. The van der Waals surface area contributed by atoms with Crippen molar-refractivity contribution in [3.63, 3.8) is 0 Å². The number of amides is 1. The molecule has 200 valence electrons. The van der Waals surface area contributed by atoms with Crippen molar-refractivity contribution in [1.82, 2.24) is 15.1 Å². The highest BCUT2D eigenvalue weighted by Crippen LogP contribution is 2.42. The lowest BCUT2D eigenvalue weighted by atomic mass is 9.74. The third kappa shape index (κ3) is 5.78. The number of likely N-dealkylation sites (tertiary alicyclic amines) is 1. The Bertz CT molecular complexity index is 1210. The summed E-state index contributed by atoms with van der Waals surface area (Å²) in [7, 11) is 4.21. The van der Waals surface area contributed by atoms with Crippen molar-refractivity contribution in [2.24, 2.45) is 0 Å². The first-order valence-electron chi connectivity index (χ1n) is 13.9. The molecule has 38 heavy (non-hydrogen) atoms. The fourth-order valence-electron chi connectivity index (χ4n) is 6.09. The zero-order valence-corrected chi connectivity index (χ0v) is 22.7.